The van der Waals surface area contributed by atoms with Gasteiger partial charge in [0, 0.05) is 5.69 Å². The van der Waals surface area contributed by atoms with Crippen molar-refractivity contribution in [3.05, 3.63) is 23.3 Å². The molecule has 0 saturated heterocycles. The SMILES string of the molecule is CC(C)C[C@H](N)C(=O)c1cc(N)cc(C(=O)O)c1O. The lowest BCUT2D eigenvalue weighted by atomic mass is 9.94. The van der Waals surface area contributed by atoms with Crippen molar-refractivity contribution in [1.29, 1.82) is 0 Å². The monoisotopic (exact) mass is 266 g/mol. The van der Waals surface area contributed by atoms with Gasteiger partial charge in [0.25, 0.3) is 0 Å². The zero-order valence-corrected chi connectivity index (χ0v) is 10.9. The maximum atomic E-state index is 12.1. The third-order valence-corrected chi connectivity index (χ3v) is 2.69. The summed E-state index contributed by atoms with van der Waals surface area (Å²) in [5, 5.41) is 18.7. The number of hydrogen-bond acceptors (Lipinski definition) is 5. The number of carbonyl (C=O) groups excluding carboxylic acids is 1. The molecule has 1 aromatic rings. The average Bonchev–Trinajstić information content (AvgIpc) is 2.29. The average molecular weight is 266 g/mol. The number of carboxylic acids is 1. The van der Waals surface area contributed by atoms with Crippen LogP contribution in [0.2, 0.25) is 0 Å². The summed E-state index contributed by atoms with van der Waals surface area (Å²) in [5.74, 6) is -2.25. The van der Waals surface area contributed by atoms with E-state index in [1.54, 1.807) is 0 Å². The zero-order chi connectivity index (χ0) is 14.7. The van der Waals surface area contributed by atoms with Crippen LogP contribution in [0.5, 0.6) is 5.75 Å². The third-order valence-electron chi connectivity index (χ3n) is 2.69. The topological polar surface area (TPSA) is 127 Å². The summed E-state index contributed by atoms with van der Waals surface area (Å²) >= 11 is 0. The number of phenols is 1. The van der Waals surface area contributed by atoms with Crippen molar-refractivity contribution in [2.75, 3.05) is 5.73 Å². The second-order valence-electron chi connectivity index (χ2n) is 4.87. The summed E-state index contributed by atoms with van der Waals surface area (Å²) in [4.78, 5) is 23.0. The van der Waals surface area contributed by atoms with Crippen molar-refractivity contribution in [3.63, 3.8) is 0 Å². The molecule has 0 unspecified atom stereocenters. The Morgan fingerprint density at radius 1 is 1.26 bits per heavy atom. The number of nitrogen functional groups attached to an aromatic ring is 1. The summed E-state index contributed by atoms with van der Waals surface area (Å²) < 4.78 is 0. The predicted octanol–water partition coefficient (Wildman–Crippen LogP) is 1.23. The zero-order valence-electron chi connectivity index (χ0n) is 10.9. The van der Waals surface area contributed by atoms with E-state index in [1.165, 1.54) is 6.07 Å². The van der Waals surface area contributed by atoms with Crippen molar-refractivity contribution < 1.29 is 19.8 Å². The highest BCUT2D eigenvalue weighted by atomic mass is 16.4. The summed E-state index contributed by atoms with van der Waals surface area (Å²) in [6.07, 6.45) is 0.440. The van der Waals surface area contributed by atoms with E-state index in [4.69, 9.17) is 16.6 Å². The van der Waals surface area contributed by atoms with Crippen molar-refractivity contribution in [2.45, 2.75) is 26.3 Å². The fourth-order valence-corrected chi connectivity index (χ4v) is 1.82. The molecule has 0 aliphatic carbocycles. The number of carboxylic acid groups (broad SMARTS) is 1. The lowest BCUT2D eigenvalue weighted by molar-refractivity contribution is 0.0693. The summed E-state index contributed by atoms with van der Waals surface area (Å²) in [6, 6.07) is 1.54. The molecule has 0 radical (unpaired) electrons. The second-order valence-corrected chi connectivity index (χ2v) is 4.87. The van der Waals surface area contributed by atoms with Crippen LogP contribution < -0.4 is 11.5 Å². The molecular weight excluding hydrogens is 248 g/mol. The van der Waals surface area contributed by atoms with Gasteiger partial charge in [-0.05, 0) is 24.5 Å². The normalized spacial score (nSPS) is 12.4. The number of benzene rings is 1. The molecule has 6 nitrogen and oxygen atoms in total. The molecule has 6 N–H and O–H groups in total. The summed E-state index contributed by atoms with van der Waals surface area (Å²) in [7, 11) is 0. The third kappa shape index (κ3) is 3.45. The van der Waals surface area contributed by atoms with E-state index in [1.807, 2.05) is 13.8 Å². The lowest BCUT2D eigenvalue weighted by Crippen LogP contribution is -2.32. The maximum Gasteiger partial charge on any atom is 0.339 e. The van der Waals surface area contributed by atoms with Gasteiger partial charge in [0.05, 0.1) is 11.6 Å². The molecule has 0 saturated carbocycles. The number of hydrogen-bond donors (Lipinski definition) is 4. The number of Topliss-reactive ketones (excluding diaryl/α,β-unsaturated/α-hetero) is 1. The highest BCUT2D eigenvalue weighted by Crippen LogP contribution is 2.27. The van der Waals surface area contributed by atoms with E-state index in [-0.39, 0.29) is 17.2 Å². The molecule has 104 valence electrons. The van der Waals surface area contributed by atoms with Crippen LogP contribution in [-0.4, -0.2) is 28.0 Å². The van der Waals surface area contributed by atoms with Crippen molar-refractivity contribution >= 4 is 17.4 Å². The van der Waals surface area contributed by atoms with Crippen LogP contribution in [0.15, 0.2) is 12.1 Å². The number of rotatable bonds is 5. The minimum absolute atomic E-state index is 0.0929. The highest BCUT2D eigenvalue weighted by molar-refractivity contribution is 6.06. The van der Waals surface area contributed by atoms with Crippen molar-refractivity contribution in [1.82, 2.24) is 0 Å². The highest BCUT2D eigenvalue weighted by Gasteiger charge is 2.24. The molecule has 6 heteroatoms. The van der Waals surface area contributed by atoms with E-state index in [0.29, 0.717) is 6.42 Å². The van der Waals surface area contributed by atoms with Gasteiger partial charge >= 0.3 is 5.97 Å². The Kier molecular flexibility index (Phi) is 4.50. The number of carbonyl (C=O) groups is 2. The molecule has 0 aromatic heterocycles. The van der Waals surface area contributed by atoms with Gasteiger partial charge in [-0.2, -0.15) is 0 Å². The van der Waals surface area contributed by atoms with Crippen LogP contribution in [0.1, 0.15) is 41.0 Å². The maximum absolute atomic E-state index is 12.1. The van der Waals surface area contributed by atoms with E-state index in [9.17, 15) is 14.7 Å². The number of anilines is 1. The predicted molar refractivity (Wildman–Crippen MR) is 71.2 cm³/mol. The molecule has 0 heterocycles. The van der Waals surface area contributed by atoms with Gasteiger partial charge in [-0.1, -0.05) is 13.8 Å². The fraction of sp³-hybridized carbons (Fsp3) is 0.385. The van der Waals surface area contributed by atoms with Gasteiger partial charge in [0.15, 0.2) is 5.78 Å². The van der Waals surface area contributed by atoms with Crippen LogP contribution in [0.3, 0.4) is 0 Å². The molecule has 1 atom stereocenters. The largest absolute Gasteiger partial charge is 0.506 e. The molecular formula is C13H18N2O4. The van der Waals surface area contributed by atoms with E-state index in [0.717, 1.165) is 6.07 Å². The molecule has 0 aliphatic rings. The van der Waals surface area contributed by atoms with Crippen molar-refractivity contribution in [3.8, 4) is 5.75 Å². The van der Waals surface area contributed by atoms with Crippen LogP contribution in [-0.2, 0) is 0 Å². The molecule has 0 aliphatic heterocycles. The number of aromatic carboxylic acids is 1. The Morgan fingerprint density at radius 2 is 1.79 bits per heavy atom. The number of ketones is 1. The van der Waals surface area contributed by atoms with Crippen LogP contribution in [0.4, 0.5) is 5.69 Å². The van der Waals surface area contributed by atoms with Crippen LogP contribution in [0, 0.1) is 5.92 Å². The quantitative estimate of drug-likeness (QED) is 0.360. The molecule has 0 bridgehead atoms. The van der Waals surface area contributed by atoms with Gasteiger partial charge in [0.2, 0.25) is 0 Å². The molecule has 0 spiro atoms. The summed E-state index contributed by atoms with van der Waals surface area (Å²) in [6.45, 7) is 3.82. The molecule has 19 heavy (non-hydrogen) atoms. The molecule has 1 rings (SSSR count). The molecule has 0 fully saturated rings. The van der Waals surface area contributed by atoms with Gasteiger partial charge in [-0.25, -0.2) is 4.79 Å². The minimum Gasteiger partial charge on any atom is -0.506 e. The van der Waals surface area contributed by atoms with Gasteiger partial charge < -0.3 is 21.7 Å². The number of aromatic hydroxyl groups is 1. The van der Waals surface area contributed by atoms with Gasteiger partial charge in [0.1, 0.15) is 11.3 Å². The van der Waals surface area contributed by atoms with E-state index >= 15 is 0 Å². The van der Waals surface area contributed by atoms with E-state index < -0.39 is 29.1 Å². The standard InChI is InChI=1S/C13H18N2O4/c1-6(2)3-10(15)12(17)8-4-7(14)5-9(11(8)16)13(18)19/h4-6,10,16H,3,14-15H2,1-2H3,(H,18,19)/t10-/m0/s1. The second kappa shape index (κ2) is 5.71. The Balaban J connectivity index is 3.20. The van der Waals surface area contributed by atoms with Gasteiger partial charge in [-0.3, -0.25) is 4.79 Å². The minimum atomic E-state index is -1.35. The Labute approximate surface area is 111 Å². The first kappa shape index (κ1) is 15.0. The first-order chi connectivity index (χ1) is 8.73. The van der Waals surface area contributed by atoms with Crippen LogP contribution in [0.25, 0.3) is 0 Å². The first-order valence-electron chi connectivity index (χ1n) is 5.89. The molecule has 1 aromatic carbocycles. The van der Waals surface area contributed by atoms with E-state index in [2.05, 4.69) is 0 Å². The summed E-state index contributed by atoms with van der Waals surface area (Å²) in [5.41, 5.74) is 10.8. The van der Waals surface area contributed by atoms with Crippen LogP contribution >= 0.6 is 0 Å². The number of nitrogens with two attached hydrogens (primary N) is 2. The van der Waals surface area contributed by atoms with Gasteiger partial charge in [-0.15, -0.1) is 0 Å². The Morgan fingerprint density at radius 3 is 2.26 bits per heavy atom. The first-order valence-corrected chi connectivity index (χ1v) is 5.89. The molecule has 0 amide bonds. The Bertz CT molecular complexity index is 512. The smallest absolute Gasteiger partial charge is 0.339 e. The van der Waals surface area contributed by atoms with Crippen molar-refractivity contribution in [2.24, 2.45) is 11.7 Å². The fourth-order valence-electron chi connectivity index (χ4n) is 1.82. The Hall–Kier alpha value is -2.08. The lowest BCUT2D eigenvalue weighted by Gasteiger charge is -2.15.